The number of methoxy groups -OCH3 is 1. The molecule has 0 spiro atoms. The number of nitrogens with one attached hydrogen (secondary N) is 1. The maximum absolute atomic E-state index is 14.3. The molecule has 0 radical (unpaired) electrons. The Morgan fingerprint density at radius 3 is 2.36 bits per heavy atom. The third-order valence-corrected chi connectivity index (χ3v) is 3.81. The Kier molecular flexibility index (Phi) is 6.25. The molecular formula is C19H20FNO4. The highest BCUT2D eigenvalue weighted by Crippen LogP contribution is 2.22. The van der Waals surface area contributed by atoms with Crippen molar-refractivity contribution in [3.8, 4) is 11.1 Å². The van der Waals surface area contributed by atoms with Crippen molar-refractivity contribution in [2.24, 2.45) is 0 Å². The molecule has 2 N–H and O–H groups in total. The molecule has 0 aromatic heterocycles. The molecule has 2 rings (SSSR count). The Balaban J connectivity index is 2.17. The number of hydrogen-bond acceptors (Lipinski definition) is 3. The van der Waals surface area contributed by atoms with Crippen LogP contribution in [-0.4, -0.2) is 36.7 Å². The van der Waals surface area contributed by atoms with Gasteiger partial charge in [-0.25, -0.2) is 9.18 Å². The fourth-order valence-corrected chi connectivity index (χ4v) is 2.35. The van der Waals surface area contributed by atoms with Gasteiger partial charge in [0.05, 0.1) is 5.56 Å². The summed E-state index contributed by atoms with van der Waals surface area (Å²) in [7, 11) is 1.43. The summed E-state index contributed by atoms with van der Waals surface area (Å²) in [6, 6.07) is 10.7. The number of carbonyl (C=O) groups excluding carboxylic acids is 1. The summed E-state index contributed by atoms with van der Waals surface area (Å²) in [4.78, 5) is 23.3. The van der Waals surface area contributed by atoms with Crippen LogP contribution in [0.5, 0.6) is 0 Å². The van der Waals surface area contributed by atoms with Crippen molar-refractivity contribution in [3.05, 3.63) is 59.4 Å². The molecule has 132 valence electrons. The molecule has 6 heteroatoms. The number of benzene rings is 2. The summed E-state index contributed by atoms with van der Waals surface area (Å²) in [5.41, 5.74) is 2.37. The quantitative estimate of drug-likeness (QED) is 0.809. The van der Waals surface area contributed by atoms with Crippen LogP contribution < -0.4 is 5.32 Å². The number of aliphatic carboxylic acids is 1. The fourth-order valence-electron chi connectivity index (χ4n) is 2.35. The number of hydrogen-bond donors (Lipinski definition) is 2. The summed E-state index contributed by atoms with van der Waals surface area (Å²) in [5, 5.41) is 11.4. The van der Waals surface area contributed by atoms with Crippen LogP contribution in [0.4, 0.5) is 4.39 Å². The smallest absolute Gasteiger partial charge is 0.326 e. The van der Waals surface area contributed by atoms with Crippen LogP contribution in [0.25, 0.3) is 11.1 Å². The van der Waals surface area contributed by atoms with E-state index in [0.29, 0.717) is 5.56 Å². The lowest BCUT2D eigenvalue weighted by Gasteiger charge is -2.14. The first-order chi connectivity index (χ1) is 11.9. The zero-order valence-electron chi connectivity index (χ0n) is 14.1. The molecule has 1 atom stereocenters. The van der Waals surface area contributed by atoms with Crippen molar-refractivity contribution >= 4 is 11.9 Å². The van der Waals surface area contributed by atoms with Gasteiger partial charge in [0, 0.05) is 20.1 Å². The van der Waals surface area contributed by atoms with E-state index in [2.05, 4.69) is 5.32 Å². The van der Waals surface area contributed by atoms with Gasteiger partial charge in [0.15, 0.2) is 0 Å². The molecule has 25 heavy (non-hydrogen) atoms. The standard InChI is InChI=1S/C19H20FNO4/c1-12-3-5-13(6-4-12)14-7-8-15(16(20)11-14)18(22)21-17(19(23)24)9-10-25-2/h3-8,11,17H,9-10H2,1-2H3,(H,21,22)(H,23,24). The lowest BCUT2D eigenvalue weighted by Crippen LogP contribution is -2.41. The number of carboxylic acid groups (broad SMARTS) is 1. The fraction of sp³-hybridized carbons (Fsp3) is 0.263. The molecule has 0 heterocycles. The molecule has 0 aliphatic heterocycles. The number of carbonyl (C=O) groups is 2. The number of aryl methyl sites for hydroxylation is 1. The molecule has 0 saturated carbocycles. The third kappa shape index (κ3) is 4.87. The van der Waals surface area contributed by atoms with Crippen LogP contribution in [0, 0.1) is 12.7 Å². The Hall–Kier alpha value is -2.73. The van der Waals surface area contributed by atoms with Gasteiger partial charge in [0.2, 0.25) is 0 Å². The highest BCUT2D eigenvalue weighted by molar-refractivity contribution is 5.97. The lowest BCUT2D eigenvalue weighted by atomic mass is 10.0. The molecule has 0 saturated heterocycles. The normalized spacial score (nSPS) is 11.8. The minimum atomic E-state index is -1.19. The van der Waals surface area contributed by atoms with Crippen LogP contribution >= 0.6 is 0 Å². The van der Waals surface area contributed by atoms with Gasteiger partial charge in [-0.15, -0.1) is 0 Å². The molecule has 1 amide bonds. The van der Waals surface area contributed by atoms with E-state index >= 15 is 0 Å². The van der Waals surface area contributed by atoms with Crippen molar-refractivity contribution in [1.29, 1.82) is 0 Å². The monoisotopic (exact) mass is 345 g/mol. The first-order valence-corrected chi connectivity index (χ1v) is 7.81. The topological polar surface area (TPSA) is 75.6 Å². The molecule has 0 fully saturated rings. The molecule has 0 aliphatic rings. The van der Waals surface area contributed by atoms with Gasteiger partial charge in [0.25, 0.3) is 5.91 Å². The first-order valence-electron chi connectivity index (χ1n) is 7.81. The summed E-state index contributed by atoms with van der Waals surface area (Å²) in [6.45, 7) is 2.13. The highest BCUT2D eigenvalue weighted by atomic mass is 19.1. The van der Waals surface area contributed by atoms with Crippen molar-refractivity contribution in [3.63, 3.8) is 0 Å². The number of ether oxygens (including phenoxy) is 1. The summed E-state index contributed by atoms with van der Waals surface area (Å²) in [6.07, 6.45) is 0.0979. The van der Waals surface area contributed by atoms with Crippen molar-refractivity contribution < 1.29 is 23.8 Å². The molecule has 1 unspecified atom stereocenters. The first kappa shape index (κ1) is 18.6. The predicted molar refractivity (Wildman–Crippen MR) is 92.0 cm³/mol. The second-order valence-electron chi connectivity index (χ2n) is 5.71. The molecule has 0 bridgehead atoms. The van der Waals surface area contributed by atoms with E-state index in [9.17, 15) is 14.0 Å². The van der Waals surface area contributed by atoms with E-state index in [0.717, 1.165) is 11.1 Å². The Morgan fingerprint density at radius 2 is 1.80 bits per heavy atom. The van der Waals surface area contributed by atoms with Gasteiger partial charge in [-0.3, -0.25) is 4.79 Å². The largest absolute Gasteiger partial charge is 0.480 e. The van der Waals surface area contributed by atoms with Gasteiger partial charge in [-0.2, -0.15) is 0 Å². The maximum Gasteiger partial charge on any atom is 0.326 e. The highest BCUT2D eigenvalue weighted by Gasteiger charge is 2.22. The van der Waals surface area contributed by atoms with Gasteiger partial charge in [-0.05, 0) is 30.2 Å². The van der Waals surface area contributed by atoms with Crippen LogP contribution in [0.2, 0.25) is 0 Å². The van der Waals surface area contributed by atoms with Gasteiger partial charge in [0.1, 0.15) is 11.9 Å². The molecule has 0 aliphatic carbocycles. The second kappa shape index (κ2) is 8.39. The van der Waals surface area contributed by atoms with E-state index in [-0.39, 0.29) is 18.6 Å². The zero-order valence-corrected chi connectivity index (χ0v) is 14.1. The molecule has 5 nitrogen and oxygen atoms in total. The Morgan fingerprint density at radius 1 is 1.16 bits per heavy atom. The van der Waals surface area contributed by atoms with E-state index in [4.69, 9.17) is 9.84 Å². The van der Waals surface area contributed by atoms with Gasteiger partial charge >= 0.3 is 5.97 Å². The van der Waals surface area contributed by atoms with E-state index in [1.54, 1.807) is 6.07 Å². The minimum absolute atomic E-state index is 0.0979. The van der Waals surface area contributed by atoms with E-state index in [1.807, 2.05) is 31.2 Å². The molecular weight excluding hydrogens is 325 g/mol. The average molecular weight is 345 g/mol. The van der Waals surface area contributed by atoms with E-state index < -0.39 is 23.7 Å². The lowest BCUT2D eigenvalue weighted by molar-refractivity contribution is -0.139. The number of carboxylic acids is 1. The van der Waals surface area contributed by atoms with Crippen LogP contribution in [-0.2, 0) is 9.53 Å². The van der Waals surface area contributed by atoms with Crippen LogP contribution in [0.15, 0.2) is 42.5 Å². The second-order valence-corrected chi connectivity index (χ2v) is 5.71. The Bertz CT molecular complexity index is 759. The Labute approximate surface area is 145 Å². The van der Waals surface area contributed by atoms with E-state index in [1.165, 1.54) is 19.2 Å². The summed E-state index contributed by atoms with van der Waals surface area (Å²) < 4.78 is 19.2. The van der Waals surface area contributed by atoms with Crippen LogP contribution in [0.1, 0.15) is 22.3 Å². The van der Waals surface area contributed by atoms with Gasteiger partial charge < -0.3 is 15.2 Å². The SMILES string of the molecule is COCCC(NC(=O)c1ccc(-c2ccc(C)cc2)cc1F)C(=O)O. The maximum atomic E-state index is 14.3. The van der Waals surface area contributed by atoms with Gasteiger partial charge in [-0.1, -0.05) is 35.9 Å². The summed E-state index contributed by atoms with van der Waals surface area (Å²) in [5.74, 6) is -2.66. The number of halogens is 1. The van der Waals surface area contributed by atoms with Crippen molar-refractivity contribution in [1.82, 2.24) is 5.32 Å². The van der Waals surface area contributed by atoms with Crippen molar-refractivity contribution in [2.45, 2.75) is 19.4 Å². The molecule has 2 aromatic rings. The minimum Gasteiger partial charge on any atom is -0.480 e. The molecule has 2 aromatic carbocycles. The number of amides is 1. The predicted octanol–water partition coefficient (Wildman–Crippen LogP) is 3.02. The number of rotatable bonds is 7. The van der Waals surface area contributed by atoms with Crippen LogP contribution in [0.3, 0.4) is 0 Å². The average Bonchev–Trinajstić information content (AvgIpc) is 2.58. The zero-order chi connectivity index (χ0) is 18.4. The third-order valence-electron chi connectivity index (χ3n) is 3.81. The van der Waals surface area contributed by atoms with Crippen molar-refractivity contribution in [2.75, 3.05) is 13.7 Å². The summed E-state index contributed by atoms with van der Waals surface area (Å²) >= 11 is 0.